The Morgan fingerprint density at radius 2 is 1.94 bits per heavy atom. The maximum Gasteiger partial charge on any atom is 0.262 e. The third-order valence-electron chi connectivity index (χ3n) is 5.71. The van der Waals surface area contributed by atoms with E-state index in [0.717, 1.165) is 27.7 Å². The molecule has 8 nitrogen and oxygen atoms in total. The number of pyridine rings is 1. The van der Waals surface area contributed by atoms with E-state index in [4.69, 9.17) is 0 Å². The molecule has 4 aromatic heterocycles. The highest BCUT2D eigenvalue weighted by atomic mass is 32.1. The van der Waals surface area contributed by atoms with E-state index < -0.39 is 0 Å². The number of anilines is 1. The van der Waals surface area contributed by atoms with Gasteiger partial charge in [-0.1, -0.05) is 29.8 Å². The highest BCUT2D eigenvalue weighted by molar-refractivity contribution is 7.17. The Bertz CT molecular complexity index is 1560. The molecule has 34 heavy (non-hydrogen) atoms. The predicted octanol–water partition coefficient (Wildman–Crippen LogP) is 4.79. The first-order chi connectivity index (χ1) is 16.4. The summed E-state index contributed by atoms with van der Waals surface area (Å²) in [4.78, 5) is 35.4. The zero-order valence-corrected chi connectivity index (χ0v) is 20.0. The van der Waals surface area contributed by atoms with E-state index in [1.807, 2.05) is 61.2 Å². The molecule has 1 amide bonds. The molecule has 0 saturated heterocycles. The Morgan fingerprint density at radius 1 is 1.15 bits per heavy atom. The number of rotatable bonds is 6. The number of carbonyl (C=O) groups excluding carboxylic acids is 1. The first-order valence-corrected chi connectivity index (χ1v) is 12.0. The summed E-state index contributed by atoms with van der Waals surface area (Å²) in [7, 11) is 0. The number of hydrogen-bond donors (Lipinski definition) is 1. The molecule has 5 rings (SSSR count). The van der Waals surface area contributed by atoms with E-state index >= 15 is 0 Å². The quantitative estimate of drug-likeness (QED) is 0.383. The fraction of sp³-hybridized carbons (Fsp3) is 0.240. The van der Waals surface area contributed by atoms with E-state index in [1.54, 1.807) is 12.4 Å². The number of nitrogens with one attached hydrogen (secondary N) is 1. The molecular formula is C25H24N6O2S. The van der Waals surface area contributed by atoms with Crippen molar-refractivity contribution in [2.24, 2.45) is 0 Å². The van der Waals surface area contributed by atoms with Crippen molar-refractivity contribution in [3.63, 3.8) is 0 Å². The second kappa shape index (κ2) is 8.83. The number of hydrogen-bond acceptors (Lipinski definition) is 6. The van der Waals surface area contributed by atoms with Gasteiger partial charge in [0.05, 0.1) is 29.8 Å². The Morgan fingerprint density at radius 3 is 2.71 bits per heavy atom. The Labute approximate surface area is 199 Å². The molecule has 0 aliphatic heterocycles. The standard InChI is InChI=1S/C25H24N6O2S/c1-15(2)31-23-18(11-28-31)10-19(12-26-23)29-21(32)8-9-30-14-27-24-22(25(30)33)20(13-34-24)17-6-4-16(3)5-7-17/h4-7,10-15H,8-9H2,1-3H3,(H,29,32). The van der Waals surface area contributed by atoms with Gasteiger partial charge >= 0.3 is 0 Å². The molecule has 0 saturated carbocycles. The zero-order valence-electron chi connectivity index (χ0n) is 19.1. The summed E-state index contributed by atoms with van der Waals surface area (Å²) >= 11 is 1.45. The zero-order chi connectivity index (χ0) is 23.8. The maximum atomic E-state index is 13.2. The van der Waals surface area contributed by atoms with Crippen LogP contribution in [-0.4, -0.2) is 30.2 Å². The molecule has 1 aromatic carbocycles. The molecule has 0 radical (unpaired) electrons. The van der Waals surface area contributed by atoms with Gasteiger partial charge in [0.15, 0.2) is 5.65 Å². The van der Waals surface area contributed by atoms with Crippen LogP contribution < -0.4 is 10.9 Å². The molecule has 0 spiro atoms. The van der Waals surface area contributed by atoms with Crippen LogP contribution in [0.2, 0.25) is 0 Å². The molecule has 0 fully saturated rings. The summed E-state index contributed by atoms with van der Waals surface area (Å²) in [5.41, 5.74) is 4.25. The fourth-order valence-corrected chi connectivity index (χ4v) is 4.81. The molecular weight excluding hydrogens is 448 g/mol. The molecule has 0 bridgehead atoms. The van der Waals surface area contributed by atoms with E-state index in [0.29, 0.717) is 15.9 Å². The summed E-state index contributed by atoms with van der Waals surface area (Å²) in [5.74, 6) is -0.200. The summed E-state index contributed by atoms with van der Waals surface area (Å²) in [6, 6.07) is 10.1. The lowest BCUT2D eigenvalue weighted by molar-refractivity contribution is -0.116. The van der Waals surface area contributed by atoms with E-state index in [1.165, 1.54) is 22.2 Å². The van der Waals surface area contributed by atoms with Crippen LogP contribution in [0, 0.1) is 6.92 Å². The molecule has 0 aliphatic carbocycles. The largest absolute Gasteiger partial charge is 0.325 e. The van der Waals surface area contributed by atoms with Gasteiger partial charge in [-0.2, -0.15) is 5.10 Å². The maximum absolute atomic E-state index is 13.2. The van der Waals surface area contributed by atoms with E-state index in [2.05, 4.69) is 20.4 Å². The lowest BCUT2D eigenvalue weighted by Gasteiger charge is -2.09. The molecule has 4 heterocycles. The number of amides is 1. The van der Waals surface area contributed by atoms with Gasteiger partial charge in [0.1, 0.15) is 4.83 Å². The Hall–Kier alpha value is -3.85. The fourth-order valence-electron chi connectivity index (χ4n) is 3.90. The second-order valence-corrected chi connectivity index (χ2v) is 9.41. The number of benzene rings is 1. The van der Waals surface area contributed by atoms with E-state index in [-0.39, 0.29) is 30.5 Å². The van der Waals surface area contributed by atoms with Gasteiger partial charge in [-0.15, -0.1) is 11.3 Å². The number of carbonyl (C=O) groups is 1. The normalized spacial score (nSPS) is 11.5. The number of nitrogens with zero attached hydrogens (tertiary/aromatic N) is 5. The lowest BCUT2D eigenvalue weighted by Crippen LogP contribution is -2.23. The van der Waals surface area contributed by atoms with Crippen molar-refractivity contribution in [3.8, 4) is 11.1 Å². The third-order valence-corrected chi connectivity index (χ3v) is 6.60. The minimum absolute atomic E-state index is 0.139. The van der Waals surface area contributed by atoms with Crippen LogP contribution in [0.1, 0.15) is 31.9 Å². The van der Waals surface area contributed by atoms with Crippen molar-refractivity contribution in [1.82, 2.24) is 24.3 Å². The van der Waals surface area contributed by atoms with Crippen molar-refractivity contribution in [3.05, 3.63) is 70.4 Å². The van der Waals surface area contributed by atoms with Gasteiger partial charge < -0.3 is 5.32 Å². The monoisotopic (exact) mass is 472 g/mol. The molecule has 0 unspecified atom stereocenters. The van der Waals surface area contributed by atoms with Gasteiger partial charge in [0.25, 0.3) is 5.56 Å². The second-order valence-electron chi connectivity index (χ2n) is 8.56. The van der Waals surface area contributed by atoms with Crippen molar-refractivity contribution in [1.29, 1.82) is 0 Å². The molecule has 0 atom stereocenters. The SMILES string of the molecule is Cc1ccc(-c2csc3ncn(CCC(=O)Nc4cnc5c(cnn5C(C)C)c4)c(=O)c23)cc1. The number of fused-ring (bicyclic) bond motifs is 2. The molecule has 0 aliphatic rings. The van der Waals surface area contributed by atoms with Crippen LogP contribution in [0.25, 0.3) is 32.4 Å². The summed E-state index contributed by atoms with van der Waals surface area (Å²) < 4.78 is 3.34. The molecule has 1 N–H and O–H groups in total. The first kappa shape index (κ1) is 22.0. The topological polar surface area (TPSA) is 94.7 Å². The summed E-state index contributed by atoms with van der Waals surface area (Å²) in [6.45, 7) is 6.34. The van der Waals surface area contributed by atoms with Crippen molar-refractivity contribution in [2.75, 3.05) is 5.32 Å². The number of aryl methyl sites for hydroxylation is 2. The van der Waals surface area contributed by atoms with Gasteiger partial charge in [0.2, 0.25) is 5.91 Å². The first-order valence-electron chi connectivity index (χ1n) is 11.1. The van der Waals surface area contributed by atoms with Crippen LogP contribution in [0.15, 0.2) is 59.2 Å². The highest BCUT2D eigenvalue weighted by Crippen LogP contribution is 2.30. The van der Waals surface area contributed by atoms with E-state index in [9.17, 15) is 9.59 Å². The Balaban J connectivity index is 1.33. The van der Waals surface area contributed by atoms with Gasteiger partial charge in [-0.25, -0.2) is 14.6 Å². The van der Waals surface area contributed by atoms with Crippen LogP contribution in [0.4, 0.5) is 5.69 Å². The average Bonchev–Trinajstić information content (AvgIpc) is 3.44. The minimum Gasteiger partial charge on any atom is -0.325 e. The minimum atomic E-state index is -0.200. The Kier molecular flexibility index (Phi) is 5.70. The molecule has 9 heteroatoms. The van der Waals surface area contributed by atoms with Gasteiger partial charge in [0, 0.05) is 35.3 Å². The van der Waals surface area contributed by atoms with Crippen LogP contribution >= 0.6 is 11.3 Å². The smallest absolute Gasteiger partial charge is 0.262 e. The number of thiophene rings is 1. The van der Waals surface area contributed by atoms with Crippen LogP contribution in [0.3, 0.4) is 0 Å². The van der Waals surface area contributed by atoms with Crippen molar-refractivity contribution in [2.45, 2.75) is 39.8 Å². The number of aromatic nitrogens is 5. The van der Waals surface area contributed by atoms with Crippen LogP contribution in [0.5, 0.6) is 0 Å². The lowest BCUT2D eigenvalue weighted by atomic mass is 10.1. The summed E-state index contributed by atoms with van der Waals surface area (Å²) in [5, 5.41) is 10.6. The van der Waals surface area contributed by atoms with Gasteiger partial charge in [-0.05, 0) is 32.4 Å². The van der Waals surface area contributed by atoms with Crippen molar-refractivity contribution < 1.29 is 4.79 Å². The summed E-state index contributed by atoms with van der Waals surface area (Å²) in [6.07, 6.45) is 5.02. The van der Waals surface area contributed by atoms with Gasteiger partial charge in [-0.3, -0.25) is 14.2 Å². The average molecular weight is 473 g/mol. The van der Waals surface area contributed by atoms with Crippen molar-refractivity contribution >= 4 is 44.2 Å². The molecule has 5 aromatic rings. The predicted molar refractivity (Wildman–Crippen MR) is 135 cm³/mol. The highest BCUT2D eigenvalue weighted by Gasteiger charge is 2.14. The third kappa shape index (κ3) is 4.10. The molecule has 172 valence electrons. The van der Waals surface area contributed by atoms with Crippen LogP contribution in [-0.2, 0) is 11.3 Å².